The third kappa shape index (κ3) is 5.68. The molecule has 0 unspecified atom stereocenters. The molecule has 2 fully saturated rings. The molecule has 1 aromatic heterocycles. The number of anilines is 2. The second kappa shape index (κ2) is 10.6. The van der Waals surface area contributed by atoms with E-state index in [-0.39, 0.29) is 29.6 Å². The topological polar surface area (TPSA) is 116 Å². The summed E-state index contributed by atoms with van der Waals surface area (Å²) in [5.74, 6) is 0.593. The van der Waals surface area contributed by atoms with Gasteiger partial charge in [-0.05, 0) is 37.1 Å². The molecule has 184 valence electrons. The fourth-order valence-electron chi connectivity index (χ4n) is 4.02. The summed E-state index contributed by atoms with van der Waals surface area (Å²) in [6.07, 6.45) is 3.43. The summed E-state index contributed by atoms with van der Waals surface area (Å²) in [7, 11) is 0. The Balaban J connectivity index is 1.01. The number of nitrogens with zero attached hydrogens (tertiary/aromatic N) is 3. The fraction of sp³-hybridized carbons (Fsp3) is 0.296. The molecule has 2 heterocycles. The number of aromatic nitrogens is 2. The van der Waals surface area contributed by atoms with E-state index in [0.29, 0.717) is 37.4 Å². The van der Waals surface area contributed by atoms with E-state index in [9.17, 15) is 14.4 Å². The van der Waals surface area contributed by atoms with Crippen molar-refractivity contribution >= 4 is 29.2 Å². The van der Waals surface area contributed by atoms with Crippen LogP contribution in [0, 0.1) is 11.8 Å². The van der Waals surface area contributed by atoms with Crippen LogP contribution >= 0.6 is 0 Å². The zero-order valence-electron chi connectivity index (χ0n) is 19.8. The van der Waals surface area contributed by atoms with Gasteiger partial charge in [-0.2, -0.15) is 0 Å². The smallest absolute Gasteiger partial charge is 0.251 e. The summed E-state index contributed by atoms with van der Waals surface area (Å²) < 4.78 is 0. The molecular formula is C27H28N6O3. The van der Waals surface area contributed by atoms with Crippen LogP contribution in [-0.4, -0.2) is 53.9 Å². The summed E-state index contributed by atoms with van der Waals surface area (Å²) in [6.45, 7) is 1.86. The average Bonchev–Trinajstić information content (AvgIpc) is 3.73. The molecule has 5 rings (SSSR count). The van der Waals surface area contributed by atoms with E-state index in [0.717, 1.165) is 29.9 Å². The van der Waals surface area contributed by atoms with Gasteiger partial charge >= 0.3 is 0 Å². The number of amides is 3. The number of carbonyl (C=O) groups is 3. The highest BCUT2D eigenvalue weighted by molar-refractivity contribution is 5.96. The molecule has 0 atom stereocenters. The largest absolute Gasteiger partial charge is 0.355 e. The fourth-order valence-corrected chi connectivity index (χ4v) is 4.02. The lowest BCUT2D eigenvalue weighted by molar-refractivity contribution is -0.125. The first-order valence-corrected chi connectivity index (χ1v) is 12.2. The van der Waals surface area contributed by atoms with E-state index < -0.39 is 0 Å². The lowest BCUT2D eigenvalue weighted by Gasteiger charge is -2.39. The minimum absolute atomic E-state index is 0.0337. The molecule has 3 N–H and O–H groups in total. The maximum Gasteiger partial charge on any atom is 0.251 e. The van der Waals surface area contributed by atoms with E-state index in [1.165, 1.54) is 0 Å². The van der Waals surface area contributed by atoms with Crippen LogP contribution < -0.4 is 20.9 Å². The van der Waals surface area contributed by atoms with Crippen molar-refractivity contribution in [2.24, 2.45) is 11.8 Å². The van der Waals surface area contributed by atoms with Crippen LogP contribution in [0.1, 0.15) is 23.2 Å². The van der Waals surface area contributed by atoms with Gasteiger partial charge in [-0.1, -0.05) is 30.3 Å². The summed E-state index contributed by atoms with van der Waals surface area (Å²) in [5.41, 5.74) is 3.06. The predicted molar refractivity (Wildman–Crippen MR) is 136 cm³/mol. The van der Waals surface area contributed by atoms with Gasteiger partial charge in [0.25, 0.3) is 5.91 Å². The molecule has 1 aliphatic carbocycles. The molecule has 0 bridgehead atoms. The van der Waals surface area contributed by atoms with Gasteiger partial charge in [-0.25, -0.2) is 9.97 Å². The minimum atomic E-state index is -0.225. The molecule has 3 amide bonds. The standard InChI is InChI=1S/C27H28N6O3/c34-25(19-8-10-22(11-9-19)32-27(36)20-6-7-20)28-12-13-29-26(35)21-15-33(16-21)24-14-23(30-17-31-24)18-4-2-1-3-5-18/h1-5,8-11,14,17,20-21H,6-7,12-13,15-16H2,(H,28,34)(H,29,35)(H,32,36). The number of rotatable bonds is 9. The van der Waals surface area contributed by atoms with Crippen molar-refractivity contribution < 1.29 is 14.4 Å². The van der Waals surface area contributed by atoms with Crippen molar-refractivity contribution in [2.75, 3.05) is 36.4 Å². The van der Waals surface area contributed by atoms with Gasteiger partial charge in [0.05, 0.1) is 11.6 Å². The number of carbonyl (C=O) groups excluding carboxylic acids is 3. The second-order valence-corrected chi connectivity index (χ2v) is 9.12. The van der Waals surface area contributed by atoms with E-state index in [4.69, 9.17) is 0 Å². The highest BCUT2D eigenvalue weighted by Crippen LogP contribution is 2.30. The van der Waals surface area contributed by atoms with Crippen LogP contribution in [0.2, 0.25) is 0 Å². The van der Waals surface area contributed by atoms with Gasteiger partial charge in [0.15, 0.2) is 0 Å². The summed E-state index contributed by atoms with van der Waals surface area (Å²) >= 11 is 0. The van der Waals surface area contributed by atoms with E-state index in [1.807, 2.05) is 36.4 Å². The Labute approximate surface area is 209 Å². The quantitative estimate of drug-likeness (QED) is 0.402. The molecule has 0 spiro atoms. The average molecular weight is 485 g/mol. The molecule has 36 heavy (non-hydrogen) atoms. The zero-order chi connectivity index (χ0) is 24.9. The third-order valence-electron chi connectivity index (χ3n) is 6.37. The summed E-state index contributed by atoms with van der Waals surface area (Å²) in [4.78, 5) is 47.4. The normalized spacial score (nSPS) is 15.1. The molecule has 2 aliphatic rings. The highest BCUT2D eigenvalue weighted by Gasteiger charge is 2.33. The van der Waals surface area contributed by atoms with Gasteiger partial charge in [0, 0.05) is 55.0 Å². The van der Waals surface area contributed by atoms with Gasteiger partial charge in [0.1, 0.15) is 12.1 Å². The molecule has 3 aromatic rings. The lowest BCUT2D eigenvalue weighted by Crippen LogP contribution is -2.54. The first kappa shape index (κ1) is 23.5. The molecule has 1 aliphatic heterocycles. The Morgan fingerprint density at radius 1 is 0.833 bits per heavy atom. The van der Waals surface area contributed by atoms with E-state index in [1.54, 1.807) is 30.6 Å². The van der Waals surface area contributed by atoms with E-state index >= 15 is 0 Å². The van der Waals surface area contributed by atoms with Crippen molar-refractivity contribution in [1.29, 1.82) is 0 Å². The van der Waals surface area contributed by atoms with Crippen molar-refractivity contribution in [3.05, 3.63) is 72.6 Å². The molecule has 9 heteroatoms. The van der Waals surface area contributed by atoms with Gasteiger partial charge in [-0.15, -0.1) is 0 Å². The first-order chi connectivity index (χ1) is 17.6. The van der Waals surface area contributed by atoms with Crippen molar-refractivity contribution in [2.45, 2.75) is 12.8 Å². The second-order valence-electron chi connectivity index (χ2n) is 9.12. The first-order valence-electron chi connectivity index (χ1n) is 12.2. The lowest BCUT2D eigenvalue weighted by atomic mass is 9.99. The van der Waals surface area contributed by atoms with E-state index in [2.05, 4.69) is 30.8 Å². The number of hydrogen-bond donors (Lipinski definition) is 3. The predicted octanol–water partition coefficient (Wildman–Crippen LogP) is 2.47. The van der Waals surface area contributed by atoms with Crippen molar-refractivity contribution in [1.82, 2.24) is 20.6 Å². The SMILES string of the molecule is O=C(NCCNC(=O)C1CN(c2cc(-c3ccccc3)ncn2)C1)c1ccc(NC(=O)C2CC2)cc1. The monoisotopic (exact) mass is 484 g/mol. The Hall–Kier alpha value is -4.27. The Bertz CT molecular complexity index is 1240. The molecular weight excluding hydrogens is 456 g/mol. The minimum Gasteiger partial charge on any atom is -0.355 e. The Kier molecular flexibility index (Phi) is 6.88. The van der Waals surface area contributed by atoms with Crippen LogP contribution in [0.5, 0.6) is 0 Å². The zero-order valence-corrected chi connectivity index (χ0v) is 19.8. The summed E-state index contributed by atoms with van der Waals surface area (Å²) in [5, 5.41) is 8.54. The maximum absolute atomic E-state index is 12.5. The van der Waals surface area contributed by atoms with Gasteiger partial charge in [0.2, 0.25) is 11.8 Å². The highest BCUT2D eigenvalue weighted by atomic mass is 16.2. The number of benzene rings is 2. The number of nitrogens with one attached hydrogen (secondary N) is 3. The molecule has 2 aromatic carbocycles. The number of hydrogen-bond acceptors (Lipinski definition) is 6. The maximum atomic E-state index is 12.5. The van der Waals surface area contributed by atoms with Crippen LogP contribution in [0.25, 0.3) is 11.3 Å². The molecule has 0 radical (unpaired) electrons. The van der Waals surface area contributed by atoms with Crippen LogP contribution in [0.15, 0.2) is 67.0 Å². The molecule has 9 nitrogen and oxygen atoms in total. The van der Waals surface area contributed by atoms with Gasteiger partial charge < -0.3 is 20.9 Å². The molecule has 1 saturated carbocycles. The third-order valence-corrected chi connectivity index (χ3v) is 6.37. The van der Waals surface area contributed by atoms with Crippen molar-refractivity contribution in [3.63, 3.8) is 0 Å². The Morgan fingerprint density at radius 2 is 1.56 bits per heavy atom. The Morgan fingerprint density at radius 3 is 2.28 bits per heavy atom. The van der Waals surface area contributed by atoms with Gasteiger partial charge in [-0.3, -0.25) is 14.4 Å². The van der Waals surface area contributed by atoms with Crippen LogP contribution in [0.4, 0.5) is 11.5 Å². The van der Waals surface area contributed by atoms with Crippen LogP contribution in [0.3, 0.4) is 0 Å². The molecule has 1 saturated heterocycles. The van der Waals surface area contributed by atoms with Crippen LogP contribution in [-0.2, 0) is 9.59 Å². The van der Waals surface area contributed by atoms with Crippen molar-refractivity contribution in [3.8, 4) is 11.3 Å². The summed E-state index contributed by atoms with van der Waals surface area (Å²) in [6, 6.07) is 18.6.